The Bertz CT molecular complexity index is 1090. The van der Waals surface area contributed by atoms with Gasteiger partial charge in [0.15, 0.2) is 11.2 Å². The molecule has 2 heterocycles. The summed E-state index contributed by atoms with van der Waals surface area (Å²) in [6.07, 6.45) is 1.43. The van der Waals surface area contributed by atoms with Crippen LogP contribution in [0.4, 0.5) is 5.69 Å². The quantitative estimate of drug-likeness (QED) is 0.741. The molecule has 2 aromatic heterocycles. The molecule has 3 rings (SSSR count). The summed E-state index contributed by atoms with van der Waals surface area (Å²) in [5.74, 6) is -0.556. The van der Waals surface area contributed by atoms with E-state index in [0.29, 0.717) is 15.7 Å². The van der Waals surface area contributed by atoms with E-state index in [-0.39, 0.29) is 11.2 Å². The first kappa shape index (κ1) is 17.2. The number of aryl methyl sites for hydroxylation is 2. The molecule has 0 radical (unpaired) electrons. The highest BCUT2D eigenvalue weighted by molar-refractivity contribution is 6.35. The highest BCUT2D eigenvalue weighted by atomic mass is 35.5. The lowest BCUT2D eigenvalue weighted by Crippen LogP contribution is -2.42. The Morgan fingerprint density at radius 1 is 1.16 bits per heavy atom. The van der Waals surface area contributed by atoms with Gasteiger partial charge in [-0.05, 0) is 18.2 Å². The van der Waals surface area contributed by atoms with E-state index in [1.165, 1.54) is 40.7 Å². The van der Waals surface area contributed by atoms with E-state index >= 15 is 0 Å². The molecule has 8 nitrogen and oxygen atoms in total. The van der Waals surface area contributed by atoms with Crippen LogP contribution in [0, 0.1) is 0 Å². The number of nitrogens with one attached hydrogen (secondary N) is 1. The Hall–Kier alpha value is -2.58. The van der Waals surface area contributed by atoms with Gasteiger partial charge in [0.25, 0.3) is 5.56 Å². The Kier molecular flexibility index (Phi) is 4.40. The molecule has 0 bridgehead atoms. The average Bonchev–Trinajstić information content (AvgIpc) is 2.90. The van der Waals surface area contributed by atoms with Crippen LogP contribution < -0.4 is 16.6 Å². The number of carbonyl (C=O) groups excluding carboxylic acids is 1. The molecule has 0 unspecified atom stereocenters. The third kappa shape index (κ3) is 3.18. The van der Waals surface area contributed by atoms with Crippen molar-refractivity contribution in [2.24, 2.45) is 14.1 Å². The first-order valence-corrected chi connectivity index (χ1v) is 7.90. The van der Waals surface area contributed by atoms with E-state index in [2.05, 4.69) is 10.3 Å². The summed E-state index contributed by atoms with van der Waals surface area (Å²) < 4.78 is 3.58. The van der Waals surface area contributed by atoms with Gasteiger partial charge < -0.3 is 9.88 Å². The number of rotatable bonds is 3. The summed E-state index contributed by atoms with van der Waals surface area (Å²) in [4.78, 5) is 41.2. The number of imidazole rings is 1. The number of anilines is 1. The Balaban J connectivity index is 1.97. The van der Waals surface area contributed by atoms with Gasteiger partial charge in [-0.15, -0.1) is 0 Å². The van der Waals surface area contributed by atoms with Gasteiger partial charge in [-0.25, -0.2) is 14.3 Å². The number of aromatic nitrogens is 4. The molecule has 130 valence electrons. The molecule has 0 atom stereocenters. The molecule has 1 N–H and O–H groups in total. The summed E-state index contributed by atoms with van der Waals surface area (Å²) in [5.41, 5.74) is -0.349. The van der Waals surface area contributed by atoms with Crippen molar-refractivity contribution in [1.29, 1.82) is 0 Å². The Morgan fingerprint density at radius 2 is 1.80 bits per heavy atom. The van der Waals surface area contributed by atoms with Gasteiger partial charge in [-0.2, -0.15) is 0 Å². The number of halogens is 2. The van der Waals surface area contributed by atoms with Crippen LogP contribution in [0.15, 0.2) is 34.1 Å². The average molecular weight is 382 g/mol. The van der Waals surface area contributed by atoms with Crippen molar-refractivity contribution in [1.82, 2.24) is 18.7 Å². The molecule has 10 heteroatoms. The lowest BCUT2D eigenvalue weighted by Gasteiger charge is -2.10. The van der Waals surface area contributed by atoms with Crippen LogP contribution in [0.3, 0.4) is 0 Å². The maximum absolute atomic E-state index is 12.5. The summed E-state index contributed by atoms with van der Waals surface area (Å²) in [6, 6.07) is 4.54. The van der Waals surface area contributed by atoms with Gasteiger partial charge in [0.05, 0.1) is 6.33 Å². The normalized spacial score (nSPS) is 11.0. The van der Waals surface area contributed by atoms with Crippen LogP contribution in [-0.2, 0) is 25.4 Å². The maximum Gasteiger partial charge on any atom is 0.332 e. The molecule has 25 heavy (non-hydrogen) atoms. The second kappa shape index (κ2) is 6.38. The number of fused-ring (bicyclic) bond motifs is 1. The smallest absolute Gasteiger partial charge is 0.328 e. The largest absolute Gasteiger partial charge is 0.332 e. The van der Waals surface area contributed by atoms with Crippen LogP contribution >= 0.6 is 23.2 Å². The highest BCUT2D eigenvalue weighted by Crippen LogP contribution is 2.22. The summed E-state index contributed by atoms with van der Waals surface area (Å²) in [6.45, 7) is -0.448. The van der Waals surface area contributed by atoms with E-state index < -0.39 is 23.7 Å². The number of nitrogens with zero attached hydrogens (tertiary/aromatic N) is 4. The van der Waals surface area contributed by atoms with Crippen molar-refractivity contribution in [2.45, 2.75) is 6.54 Å². The fraction of sp³-hybridized carbons (Fsp3) is 0.200. The van der Waals surface area contributed by atoms with Gasteiger partial charge in [-0.3, -0.25) is 14.2 Å². The molecule has 0 aliphatic rings. The minimum atomic E-state index is -0.629. The molecule has 1 aromatic carbocycles. The first-order valence-electron chi connectivity index (χ1n) is 7.14. The van der Waals surface area contributed by atoms with Gasteiger partial charge in [0.2, 0.25) is 5.91 Å². The molecular formula is C15H13Cl2N5O3. The zero-order valence-electron chi connectivity index (χ0n) is 13.3. The summed E-state index contributed by atoms with van der Waals surface area (Å²) >= 11 is 11.8. The van der Waals surface area contributed by atoms with Gasteiger partial charge >= 0.3 is 5.69 Å². The SMILES string of the molecule is Cn1cnc2c1c(=O)n(CC(=O)Nc1cc(Cl)cc(Cl)c1)c(=O)n2C. The molecule has 0 aliphatic carbocycles. The molecule has 0 fully saturated rings. The fourth-order valence-electron chi connectivity index (χ4n) is 2.51. The van der Waals surface area contributed by atoms with E-state index in [4.69, 9.17) is 23.2 Å². The molecule has 0 saturated heterocycles. The van der Waals surface area contributed by atoms with Crippen molar-refractivity contribution in [3.63, 3.8) is 0 Å². The van der Waals surface area contributed by atoms with Gasteiger partial charge in [-0.1, -0.05) is 23.2 Å². The topological polar surface area (TPSA) is 90.9 Å². The van der Waals surface area contributed by atoms with Crippen molar-refractivity contribution >= 4 is 46.0 Å². The predicted molar refractivity (Wildman–Crippen MR) is 95.3 cm³/mol. The lowest BCUT2D eigenvalue weighted by atomic mass is 10.3. The van der Waals surface area contributed by atoms with Gasteiger partial charge in [0, 0.05) is 29.8 Å². The highest BCUT2D eigenvalue weighted by Gasteiger charge is 2.17. The molecule has 1 amide bonds. The standard InChI is InChI=1S/C15H13Cl2N5O3/c1-20-7-18-13-12(20)14(24)22(15(25)21(13)2)6-11(23)19-10-4-8(16)3-9(17)5-10/h3-5,7H,6H2,1-2H3,(H,19,23). The third-order valence-corrected chi connectivity index (χ3v) is 4.09. The molecule has 0 spiro atoms. The monoisotopic (exact) mass is 381 g/mol. The van der Waals surface area contributed by atoms with Crippen molar-refractivity contribution in [3.05, 3.63) is 55.4 Å². The second-order valence-corrected chi connectivity index (χ2v) is 6.34. The zero-order valence-corrected chi connectivity index (χ0v) is 14.8. The van der Waals surface area contributed by atoms with E-state index in [1.54, 1.807) is 7.05 Å². The van der Waals surface area contributed by atoms with Crippen molar-refractivity contribution < 1.29 is 4.79 Å². The number of benzene rings is 1. The van der Waals surface area contributed by atoms with Gasteiger partial charge in [0.1, 0.15) is 6.54 Å². The molecular weight excluding hydrogens is 369 g/mol. The summed E-state index contributed by atoms with van der Waals surface area (Å²) in [7, 11) is 3.13. The molecule has 3 aromatic rings. The second-order valence-electron chi connectivity index (χ2n) is 5.47. The Labute approximate surface area is 151 Å². The molecule has 0 saturated carbocycles. The van der Waals surface area contributed by atoms with E-state index in [9.17, 15) is 14.4 Å². The van der Waals surface area contributed by atoms with E-state index in [0.717, 1.165) is 4.57 Å². The van der Waals surface area contributed by atoms with Crippen LogP contribution in [0.25, 0.3) is 11.2 Å². The van der Waals surface area contributed by atoms with Crippen molar-refractivity contribution in [3.8, 4) is 0 Å². The summed E-state index contributed by atoms with van der Waals surface area (Å²) in [5, 5.41) is 3.27. The predicted octanol–water partition coefficient (Wildman–Crippen LogP) is 1.38. The zero-order chi connectivity index (χ0) is 18.3. The lowest BCUT2D eigenvalue weighted by molar-refractivity contribution is -0.116. The minimum absolute atomic E-state index is 0.237. The Morgan fingerprint density at radius 3 is 2.44 bits per heavy atom. The van der Waals surface area contributed by atoms with Crippen LogP contribution in [0.1, 0.15) is 0 Å². The van der Waals surface area contributed by atoms with Crippen LogP contribution in [0.2, 0.25) is 10.0 Å². The number of amides is 1. The minimum Gasteiger partial charge on any atom is -0.328 e. The first-order chi connectivity index (χ1) is 11.8. The third-order valence-electron chi connectivity index (χ3n) is 3.65. The number of hydrogen-bond acceptors (Lipinski definition) is 4. The van der Waals surface area contributed by atoms with E-state index in [1.807, 2.05) is 0 Å². The number of carbonyl (C=O) groups is 1. The van der Waals surface area contributed by atoms with Crippen molar-refractivity contribution in [2.75, 3.05) is 5.32 Å². The van der Waals surface area contributed by atoms with Crippen LogP contribution in [0.5, 0.6) is 0 Å². The number of hydrogen-bond donors (Lipinski definition) is 1. The van der Waals surface area contributed by atoms with Crippen LogP contribution in [-0.4, -0.2) is 24.6 Å². The maximum atomic E-state index is 12.5. The fourth-order valence-corrected chi connectivity index (χ4v) is 3.03. The molecule has 0 aliphatic heterocycles.